The average Bonchev–Trinajstić information content (AvgIpc) is 3.42. The zero-order valence-corrected chi connectivity index (χ0v) is 15.6. The minimum absolute atomic E-state index is 0.150. The van der Waals surface area contributed by atoms with Gasteiger partial charge in [0.05, 0.1) is 23.9 Å². The van der Waals surface area contributed by atoms with Crippen molar-refractivity contribution in [2.75, 3.05) is 37.5 Å². The van der Waals surface area contributed by atoms with Gasteiger partial charge in [0, 0.05) is 25.8 Å². The van der Waals surface area contributed by atoms with Crippen LogP contribution in [0.2, 0.25) is 0 Å². The van der Waals surface area contributed by atoms with Gasteiger partial charge in [0.2, 0.25) is 0 Å². The van der Waals surface area contributed by atoms with E-state index in [1.54, 1.807) is 0 Å². The SMILES string of the molecule is COC(=O)C1(c2ccc(N(CC(C)C)C3CCOCC3)c(N)c2)CC1. The largest absolute Gasteiger partial charge is 0.468 e. The highest BCUT2D eigenvalue weighted by molar-refractivity contribution is 5.87. The highest BCUT2D eigenvalue weighted by Crippen LogP contribution is 2.50. The summed E-state index contributed by atoms with van der Waals surface area (Å²) in [5.74, 6) is 0.398. The zero-order chi connectivity index (χ0) is 18.0. The van der Waals surface area contributed by atoms with Crippen LogP contribution in [0.4, 0.5) is 11.4 Å². The summed E-state index contributed by atoms with van der Waals surface area (Å²) in [7, 11) is 1.45. The van der Waals surface area contributed by atoms with Crippen LogP contribution in [0.25, 0.3) is 0 Å². The summed E-state index contributed by atoms with van der Waals surface area (Å²) in [6.07, 6.45) is 3.74. The van der Waals surface area contributed by atoms with Crippen LogP contribution in [0.15, 0.2) is 18.2 Å². The van der Waals surface area contributed by atoms with Crippen LogP contribution in [-0.2, 0) is 19.7 Å². The van der Waals surface area contributed by atoms with Crippen molar-refractivity contribution >= 4 is 17.3 Å². The summed E-state index contributed by atoms with van der Waals surface area (Å²) in [6, 6.07) is 6.58. The van der Waals surface area contributed by atoms with Crippen LogP contribution in [0.5, 0.6) is 0 Å². The van der Waals surface area contributed by atoms with Gasteiger partial charge in [-0.15, -0.1) is 0 Å². The molecule has 2 fully saturated rings. The molecule has 0 spiro atoms. The second kappa shape index (κ2) is 7.24. The number of carbonyl (C=O) groups is 1. The molecule has 1 aromatic rings. The number of nitrogens with zero attached hydrogens (tertiary/aromatic N) is 1. The first-order valence-electron chi connectivity index (χ1n) is 9.31. The number of ether oxygens (including phenoxy) is 2. The highest BCUT2D eigenvalue weighted by Gasteiger charge is 2.52. The normalized spacial score (nSPS) is 19.7. The van der Waals surface area contributed by atoms with Crippen LogP contribution in [-0.4, -0.2) is 38.9 Å². The lowest BCUT2D eigenvalue weighted by atomic mass is 9.94. The lowest BCUT2D eigenvalue weighted by Gasteiger charge is -2.38. The number of esters is 1. The molecule has 1 aromatic carbocycles. The van der Waals surface area contributed by atoms with E-state index in [-0.39, 0.29) is 5.97 Å². The fourth-order valence-electron chi connectivity index (χ4n) is 3.88. The molecule has 1 heterocycles. The first-order chi connectivity index (χ1) is 12.0. The first kappa shape index (κ1) is 18.1. The Labute approximate surface area is 150 Å². The van der Waals surface area contributed by atoms with Crippen LogP contribution >= 0.6 is 0 Å². The third-order valence-corrected chi connectivity index (χ3v) is 5.41. The molecule has 0 bridgehead atoms. The Morgan fingerprint density at radius 3 is 2.56 bits per heavy atom. The fourth-order valence-corrected chi connectivity index (χ4v) is 3.88. The van der Waals surface area contributed by atoms with E-state index < -0.39 is 5.41 Å². The smallest absolute Gasteiger partial charge is 0.316 e. The molecule has 0 aromatic heterocycles. The number of rotatable bonds is 6. The first-order valence-corrected chi connectivity index (χ1v) is 9.31. The van der Waals surface area contributed by atoms with Crippen molar-refractivity contribution in [1.29, 1.82) is 0 Å². The van der Waals surface area contributed by atoms with Crippen LogP contribution in [0.1, 0.15) is 45.1 Å². The lowest BCUT2D eigenvalue weighted by Crippen LogP contribution is -2.42. The van der Waals surface area contributed by atoms with E-state index in [1.165, 1.54) is 7.11 Å². The van der Waals surface area contributed by atoms with Gasteiger partial charge < -0.3 is 20.1 Å². The predicted molar refractivity (Wildman–Crippen MR) is 99.8 cm³/mol. The highest BCUT2D eigenvalue weighted by atomic mass is 16.5. The number of nitrogen functional groups attached to an aromatic ring is 1. The van der Waals surface area contributed by atoms with E-state index >= 15 is 0 Å². The standard InChI is InChI=1S/C20H30N2O3/c1-14(2)13-22(16-6-10-25-11-7-16)18-5-4-15(12-17(18)21)20(8-9-20)19(23)24-3/h4-5,12,14,16H,6-11,13,21H2,1-3H3. The molecule has 0 radical (unpaired) electrons. The number of benzene rings is 1. The van der Waals surface area contributed by atoms with Crippen molar-refractivity contribution in [3.63, 3.8) is 0 Å². The molecule has 0 amide bonds. The van der Waals surface area contributed by atoms with Gasteiger partial charge in [-0.2, -0.15) is 0 Å². The summed E-state index contributed by atoms with van der Waals surface area (Å²) in [5.41, 5.74) is 8.78. The van der Waals surface area contributed by atoms with E-state index in [4.69, 9.17) is 15.2 Å². The third kappa shape index (κ3) is 3.61. The molecule has 5 nitrogen and oxygen atoms in total. The lowest BCUT2D eigenvalue weighted by molar-refractivity contribution is -0.143. The Morgan fingerprint density at radius 1 is 1.36 bits per heavy atom. The summed E-state index contributed by atoms with van der Waals surface area (Å²) >= 11 is 0. The Bertz CT molecular complexity index is 619. The Kier molecular flexibility index (Phi) is 5.23. The second-order valence-corrected chi connectivity index (χ2v) is 7.74. The maximum atomic E-state index is 12.1. The van der Waals surface area contributed by atoms with E-state index in [9.17, 15) is 4.79 Å². The van der Waals surface area contributed by atoms with Crippen molar-refractivity contribution in [2.24, 2.45) is 5.92 Å². The molecule has 5 heteroatoms. The van der Waals surface area contributed by atoms with Gasteiger partial charge in [0.25, 0.3) is 0 Å². The summed E-state index contributed by atoms with van der Waals surface area (Å²) in [5, 5.41) is 0. The number of anilines is 2. The molecular weight excluding hydrogens is 316 g/mol. The van der Waals surface area contributed by atoms with Crippen LogP contribution < -0.4 is 10.6 Å². The Morgan fingerprint density at radius 2 is 2.04 bits per heavy atom. The molecule has 1 saturated carbocycles. The van der Waals surface area contributed by atoms with Crippen molar-refractivity contribution in [2.45, 2.75) is 51.0 Å². The number of carbonyl (C=O) groups excluding carboxylic acids is 1. The molecule has 0 atom stereocenters. The number of hydrogen-bond donors (Lipinski definition) is 1. The van der Waals surface area contributed by atoms with Gasteiger partial charge in [-0.1, -0.05) is 19.9 Å². The number of methoxy groups -OCH3 is 1. The Hall–Kier alpha value is -1.75. The molecule has 1 aliphatic heterocycles. The summed E-state index contributed by atoms with van der Waals surface area (Å²) < 4.78 is 10.5. The molecule has 1 saturated heterocycles. The fraction of sp³-hybridized carbons (Fsp3) is 0.650. The van der Waals surface area contributed by atoms with E-state index in [1.807, 2.05) is 6.07 Å². The molecule has 2 N–H and O–H groups in total. The molecule has 0 unspecified atom stereocenters. The maximum Gasteiger partial charge on any atom is 0.316 e. The van der Waals surface area contributed by atoms with Gasteiger partial charge in [-0.25, -0.2) is 0 Å². The number of nitrogens with two attached hydrogens (primary N) is 1. The molecule has 3 rings (SSSR count). The van der Waals surface area contributed by atoms with Crippen molar-refractivity contribution < 1.29 is 14.3 Å². The Balaban J connectivity index is 1.88. The zero-order valence-electron chi connectivity index (χ0n) is 15.6. The van der Waals surface area contributed by atoms with Crippen molar-refractivity contribution in [1.82, 2.24) is 0 Å². The van der Waals surface area contributed by atoms with E-state index in [2.05, 4.69) is 30.9 Å². The van der Waals surface area contributed by atoms with Crippen molar-refractivity contribution in [3.8, 4) is 0 Å². The van der Waals surface area contributed by atoms with Gasteiger partial charge >= 0.3 is 5.97 Å². The predicted octanol–water partition coefficient (Wildman–Crippen LogP) is 3.11. The van der Waals surface area contributed by atoms with Crippen LogP contribution in [0, 0.1) is 5.92 Å². The third-order valence-electron chi connectivity index (χ3n) is 5.41. The van der Waals surface area contributed by atoms with E-state index in [0.29, 0.717) is 12.0 Å². The molecule has 2 aliphatic rings. The quantitative estimate of drug-likeness (QED) is 0.633. The summed E-state index contributed by atoms with van der Waals surface area (Å²) in [4.78, 5) is 14.6. The average molecular weight is 346 g/mol. The topological polar surface area (TPSA) is 64.8 Å². The van der Waals surface area contributed by atoms with Gasteiger partial charge in [0.15, 0.2) is 0 Å². The minimum atomic E-state index is -0.469. The maximum absolute atomic E-state index is 12.1. The molecule has 1 aliphatic carbocycles. The molecule has 25 heavy (non-hydrogen) atoms. The summed E-state index contributed by atoms with van der Waals surface area (Å²) in [6.45, 7) is 7.04. The van der Waals surface area contributed by atoms with Gasteiger partial charge in [-0.3, -0.25) is 4.79 Å². The molecular formula is C20H30N2O3. The van der Waals surface area contributed by atoms with Crippen molar-refractivity contribution in [3.05, 3.63) is 23.8 Å². The van der Waals surface area contributed by atoms with Crippen LogP contribution in [0.3, 0.4) is 0 Å². The van der Waals surface area contributed by atoms with Gasteiger partial charge in [0.1, 0.15) is 0 Å². The van der Waals surface area contributed by atoms with E-state index in [0.717, 1.165) is 62.4 Å². The second-order valence-electron chi connectivity index (χ2n) is 7.74. The number of hydrogen-bond acceptors (Lipinski definition) is 5. The molecule has 138 valence electrons. The van der Waals surface area contributed by atoms with Gasteiger partial charge in [-0.05, 0) is 49.3 Å². The monoisotopic (exact) mass is 346 g/mol. The minimum Gasteiger partial charge on any atom is -0.468 e.